The zero-order valence-electron chi connectivity index (χ0n) is 9.41. The molecule has 0 amide bonds. The first-order valence-electron chi connectivity index (χ1n) is 5.40. The van der Waals surface area contributed by atoms with Gasteiger partial charge >= 0.3 is 12.1 Å². The number of alkyl halides is 3. The third-order valence-corrected chi connectivity index (χ3v) is 3.26. The summed E-state index contributed by atoms with van der Waals surface area (Å²) in [6.07, 6.45) is -3.73. The molecule has 1 aromatic heterocycles. The molecule has 1 fully saturated rings. The zero-order valence-corrected chi connectivity index (χ0v) is 9.41. The van der Waals surface area contributed by atoms with Gasteiger partial charge in [0.15, 0.2) is 5.41 Å². The molecule has 0 bridgehead atoms. The van der Waals surface area contributed by atoms with Gasteiger partial charge in [-0.2, -0.15) is 13.2 Å². The van der Waals surface area contributed by atoms with Crippen molar-refractivity contribution in [2.45, 2.75) is 19.1 Å². The molecule has 4 nitrogen and oxygen atoms in total. The number of hydrogen-bond donors (Lipinski definition) is 1. The molecule has 2 heterocycles. The van der Waals surface area contributed by atoms with Gasteiger partial charge in [0.25, 0.3) is 0 Å². The molecule has 100 valence electrons. The average Bonchev–Trinajstić information content (AvgIpc) is 2.86. The summed E-state index contributed by atoms with van der Waals surface area (Å²) in [5, 5.41) is 8.87. The molecule has 7 heteroatoms. The standard InChI is InChI=1S/C11H12F3NO3/c12-11(13,14)10(9(16)17)3-4-15(7-10)6-8-2-1-5-18-8/h1-2,5H,3-4,6-7H2,(H,16,17). The summed E-state index contributed by atoms with van der Waals surface area (Å²) in [6.45, 7) is -0.253. The fourth-order valence-corrected chi connectivity index (χ4v) is 2.17. The van der Waals surface area contributed by atoms with E-state index in [1.807, 2.05) is 0 Å². The molecule has 1 aliphatic heterocycles. The second kappa shape index (κ2) is 4.31. The predicted octanol–water partition coefficient (Wildman–Crippen LogP) is 2.12. The number of likely N-dealkylation sites (tertiary alicyclic amines) is 1. The molecule has 1 atom stereocenters. The van der Waals surface area contributed by atoms with E-state index in [0.29, 0.717) is 5.76 Å². The monoisotopic (exact) mass is 263 g/mol. The number of furan rings is 1. The number of hydrogen-bond acceptors (Lipinski definition) is 3. The van der Waals surface area contributed by atoms with Crippen LogP contribution in [-0.4, -0.2) is 35.2 Å². The van der Waals surface area contributed by atoms with E-state index >= 15 is 0 Å². The van der Waals surface area contributed by atoms with Crippen molar-refractivity contribution in [1.82, 2.24) is 4.90 Å². The maximum atomic E-state index is 12.9. The third-order valence-electron chi connectivity index (χ3n) is 3.26. The van der Waals surface area contributed by atoms with Crippen molar-refractivity contribution in [3.05, 3.63) is 24.2 Å². The van der Waals surface area contributed by atoms with Crippen molar-refractivity contribution in [3.8, 4) is 0 Å². The van der Waals surface area contributed by atoms with E-state index in [9.17, 15) is 18.0 Å². The highest BCUT2D eigenvalue weighted by Gasteiger charge is 2.63. The van der Waals surface area contributed by atoms with Crippen LogP contribution in [0.5, 0.6) is 0 Å². The minimum Gasteiger partial charge on any atom is -0.481 e. The Hall–Kier alpha value is -1.50. The summed E-state index contributed by atoms with van der Waals surface area (Å²) in [7, 11) is 0. The third kappa shape index (κ3) is 2.10. The highest BCUT2D eigenvalue weighted by molar-refractivity contribution is 5.76. The minimum absolute atomic E-state index is 0.0898. The Morgan fingerprint density at radius 2 is 2.28 bits per heavy atom. The summed E-state index contributed by atoms with van der Waals surface area (Å²) < 4.78 is 43.7. The average molecular weight is 263 g/mol. The van der Waals surface area contributed by atoms with Gasteiger partial charge in [-0.25, -0.2) is 0 Å². The lowest BCUT2D eigenvalue weighted by atomic mass is 9.86. The zero-order chi connectivity index (χ0) is 13.4. The summed E-state index contributed by atoms with van der Waals surface area (Å²) in [5.41, 5.74) is -2.65. The molecule has 1 unspecified atom stereocenters. The molecule has 1 N–H and O–H groups in total. The first-order chi connectivity index (χ1) is 8.35. The van der Waals surface area contributed by atoms with Gasteiger partial charge in [-0.1, -0.05) is 0 Å². The van der Waals surface area contributed by atoms with Gasteiger partial charge in [0.1, 0.15) is 5.76 Å². The van der Waals surface area contributed by atoms with Gasteiger partial charge in [0.05, 0.1) is 12.8 Å². The van der Waals surface area contributed by atoms with Crippen LogP contribution >= 0.6 is 0 Å². The molecule has 0 saturated carbocycles. The topological polar surface area (TPSA) is 53.7 Å². The van der Waals surface area contributed by atoms with Crippen LogP contribution in [0.1, 0.15) is 12.2 Å². The molecule has 18 heavy (non-hydrogen) atoms. The van der Waals surface area contributed by atoms with Crippen LogP contribution < -0.4 is 0 Å². The quantitative estimate of drug-likeness (QED) is 0.907. The van der Waals surface area contributed by atoms with E-state index in [1.165, 1.54) is 11.2 Å². The SMILES string of the molecule is O=C(O)C1(C(F)(F)F)CCN(Cc2ccco2)C1. The van der Waals surface area contributed by atoms with Gasteiger partial charge in [-0.3, -0.25) is 9.69 Å². The number of carboxylic acids is 1. The van der Waals surface area contributed by atoms with Gasteiger partial charge < -0.3 is 9.52 Å². The minimum atomic E-state index is -4.74. The summed E-state index contributed by atoms with van der Waals surface area (Å²) in [6, 6.07) is 3.29. The highest BCUT2D eigenvalue weighted by atomic mass is 19.4. The summed E-state index contributed by atoms with van der Waals surface area (Å²) in [5.74, 6) is -1.28. The predicted molar refractivity (Wildman–Crippen MR) is 54.7 cm³/mol. The maximum Gasteiger partial charge on any atom is 0.406 e. The number of carbonyl (C=O) groups is 1. The number of rotatable bonds is 3. The fraction of sp³-hybridized carbons (Fsp3) is 0.545. The van der Waals surface area contributed by atoms with E-state index in [-0.39, 0.29) is 13.1 Å². The van der Waals surface area contributed by atoms with Crippen LogP contribution in [0.3, 0.4) is 0 Å². The van der Waals surface area contributed by atoms with Gasteiger partial charge in [0, 0.05) is 13.1 Å². The Kier molecular flexibility index (Phi) is 3.10. The van der Waals surface area contributed by atoms with E-state index < -0.39 is 30.5 Å². The molecule has 1 saturated heterocycles. The molecule has 1 aliphatic rings. The lowest BCUT2D eigenvalue weighted by molar-refractivity contribution is -0.227. The van der Waals surface area contributed by atoms with Crippen molar-refractivity contribution in [2.24, 2.45) is 5.41 Å². The van der Waals surface area contributed by atoms with Crippen LogP contribution in [-0.2, 0) is 11.3 Å². The Labute approximate surface area is 101 Å². The molecule has 0 spiro atoms. The smallest absolute Gasteiger partial charge is 0.406 e. The first kappa shape index (κ1) is 12.9. The molecule has 0 radical (unpaired) electrons. The molecular weight excluding hydrogens is 251 g/mol. The number of aliphatic carboxylic acids is 1. The normalized spacial score (nSPS) is 25.5. The van der Waals surface area contributed by atoms with Crippen LogP contribution in [0.15, 0.2) is 22.8 Å². The van der Waals surface area contributed by atoms with Crippen molar-refractivity contribution in [2.75, 3.05) is 13.1 Å². The van der Waals surface area contributed by atoms with Crippen LogP contribution in [0.25, 0.3) is 0 Å². The van der Waals surface area contributed by atoms with Gasteiger partial charge in [-0.05, 0) is 18.6 Å². The van der Waals surface area contributed by atoms with Crippen molar-refractivity contribution >= 4 is 5.97 Å². The Balaban J connectivity index is 2.12. The Morgan fingerprint density at radius 3 is 2.72 bits per heavy atom. The Morgan fingerprint density at radius 1 is 1.56 bits per heavy atom. The molecule has 2 rings (SSSR count). The van der Waals surface area contributed by atoms with Crippen molar-refractivity contribution in [3.63, 3.8) is 0 Å². The molecule has 0 aliphatic carbocycles. The lowest BCUT2D eigenvalue weighted by Gasteiger charge is -2.27. The Bertz CT molecular complexity index is 429. The maximum absolute atomic E-state index is 12.9. The van der Waals surface area contributed by atoms with E-state index in [0.717, 1.165) is 0 Å². The van der Waals surface area contributed by atoms with Crippen molar-refractivity contribution < 1.29 is 27.5 Å². The highest BCUT2D eigenvalue weighted by Crippen LogP contribution is 2.45. The largest absolute Gasteiger partial charge is 0.481 e. The number of nitrogens with zero attached hydrogens (tertiary/aromatic N) is 1. The molecule has 1 aromatic rings. The second-order valence-electron chi connectivity index (χ2n) is 4.43. The fourth-order valence-electron chi connectivity index (χ4n) is 2.17. The van der Waals surface area contributed by atoms with Crippen LogP contribution in [0.2, 0.25) is 0 Å². The summed E-state index contributed by atoms with van der Waals surface area (Å²) >= 11 is 0. The second-order valence-corrected chi connectivity index (χ2v) is 4.43. The van der Waals surface area contributed by atoms with Gasteiger partial charge in [-0.15, -0.1) is 0 Å². The van der Waals surface area contributed by atoms with Crippen LogP contribution in [0.4, 0.5) is 13.2 Å². The van der Waals surface area contributed by atoms with E-state index in [2.05, 4.69) is 0 Å². The van der Waals surface area contributed by atoms with E-state index in [4.69, 9.17) is 9.52 Å². The number of carboxylic acid groups (broad SMARTS) is 1. The molecular formula is C11H12F3NO3. The van der Waals surface area contributed by atoms with E-state index in [1.54, 1.807) is 12.1 Å². The lowest BCUT2D eigenvalue weighted by Crippen LogP contribution is -2.47. The van der Waals surface area contributed by atoms with Gasteiger partial charge in [0.2, 0.25) is 0 Å². The summed E-state index contributed by atoms with van der Waals surface area (Å²) in [4.78, 5) is 12.4. The van der Waals surface area contributed by atoms with Crippen LogP contribution in [0, 0.1) is 5.41 Å². The first-order valence-corrected chi connectivity index (χ1v) is 5.40. The molecule has 0 aromatic carbocycles. The van der Waals surface area contributed by atoms with Crippen molar-refractivity contribution in [1.29, 1.82) is 0 Å². The number of halogens is 3.